The number of nitrogens with one attached hydrogen (secondary N) is 1. The first-order chi connectivity index (χ1) is 12.8. The molecule has 1 aromatic carbocycles. The summed E-state index contributed by atoms with van der Waals surface area (Å²) in [5.74, 6) is 0.437. The van der Waals surface area contributed by atoms with Crippen LogP contribution in [-0.4, -0.2) is 20.1 Å². The number of aromatic amines is 1. The Balaban J connectivity index is 0.000000181. The molecule has 0 radical (unpaired) electrons. The van der Waals surface area contributed by atoms with Gasteiger partial charge < -0.3 is 15.8 Å². The summed E-state index contributed by atoms with van der Waals surface area (Å²) < 4.78 is 36.7. The van der Waals surface area contributed by atoms with Crippen molar-refractivity contribution in [3.8, 4) is 18.6 Å². The minimum atomic E-state index is -4.42. The number of phenols is 1. The molecule has 2 heterocycles. The second kappa shape index (κ2) is 8.45. The number of halogens is 3. The molecular formula is C19H19F3N4O. The molecule has 0 aliphatic heterocycles. The molecule has 0 atom stereocenters. The van der Waals surface area contributed by atoms with Gasteiger partial charge in [-0.2, -0.15) is 13.2 Å². The van der Waals surface area contributed by atoms with Gasteiger partial charge in [0.15, 0.2) is 0 Å². The summed E-state index contributed by atoms with van der Waals surface area (Å²) in [5.41, 5.74) is 7.36. The fraction of sp³-hybridized carbons (Fsp3) is 0.263. The van der Waals surface area contributed by atoms with Crippen molar-refractivity contribution in [1.29, 1.82) is 0 Å². The highest BCUT2D eigenvalue weighted by Crippen LogP contribution is 2.31. The average Bonchev–Trinajstić information content (AvgIpc) is 3.10. The lowest BCUT2D eigenvalue weighted by atomic mass is 9.92. The third-order valence-electron chi connectivity index (χ3n) is 4.09. The number of nitrogens with two attached hydrogens (primary N) is 1. The summed E-state index contributed by atoms with van der Waals surface area (Å²) in [7, 11) is 0. The molecule has 0 bridgehead atoms. The Bertz CT molecular complexity index is 932. The van der Waals surface area contributed by atoms with E-state index in [4.69, 9.17) is 5.73 Å². The van der Waals surface area contributed by atoms with Crippen LogP contribution in [0.25, 0.3) is 11.0 Å². The molecule has 142 valence electrons. The maximum absolute atomic E-state index is 12.2. The smallest absolute Gasteiger partial charge is 0.431 e. The topological polar surface area (TPSA) is 87.8 Å². The molecule has 0 amide bonds. The van der Waals surface area contributed by atoms with Crippen LogP contribution >= 0.6 is 0 Å². The van der Waals surface area contributed by atoms with E-state index in [2.05, 4.69) is 27.8 Å². The molecule has 0 saturated carbocycles. The normalized spacial score (nSPS) is 12.9. The first kappa shape index (κ1) is 20.1. The van der Waals surface area contributed by atoms with Gasteiger partial charge >= 0.3 is 6.18 Å². The summed E-state index contributed by atoms with van der Waals surface area (Å²) in [6.45, 7) is 0. The van der Waals surface area contributed by atoms with Gasteiger partial charge in [-0.3, -0.25) is 0 Å². The molecule has 4 N–H and O–H groups in total. The number of alkyl halides is 3. The molecule has 5 nitrogen and oxygen atoms in total. The van der Waals surface area contributed by atoms with E-state index in [0.717, 1.165) is 18.8 Å². The Hall–Kier alpha value is -3.21. The minimum absolute atomic E-state index is 0.0294. The molecule has 0 fully saturated rings. The van der Waals surface area contributed by atoms with Gasteiger partial charge in [0, 0.05) is 0 Å². The number of rotatable bonds is 0. The molecule has 3 aromatic rings. The summed E-state index contributed by atoms with van der Waals surface area (Å²) in [6.07, 6.45) is 9.59. The number of aryl methyl sites for hydroxylation is 2. The van der Waals surface area contributed by atoms with Gasteiger partial charge in [-0.05, 0) is 55.0 Å². The molecule has 0 spiro atoms. The number of hydrogen-bond donors (Lipinski definition) is 3. The number of nitrogens with zero attached hydrogens (tertiary/aromatic N) is 2. The summed E-state index contributed by atoms with van der Waals surface area (Å²) in [4.78, 5) is 9.33. The van der Waals surface area contributed by atoms with Crippen molar-refractivity contribution in [3.05, 3.63) is 47.4 Å². The van der Waals surface area contributed by atoms with E-state index in [1.807, 2.05) is 12.1 Å². The highest BCUT2D eigenvalue weighted by molar-refractivity contribution is 5.86. The molecule has 8 heteroatoms. The summed E-state index contributed by atoms with van der Waals surface area (Å²) in [5, 5.41) is 9.37. The van der Waals surface area contributed by atoms with Crippen molar-refractivity contribution >= 4 is 16.9 Å². The first-order valence-corrected chi connectivity index (χ1v) is 8.15. The van der Waals surface area contributed by atoms with Gasteiger partial charge in [0.25, 0.3) is 0 Å². The second-order valence-corrected chi connectivity index (χ2v) is 5.86. The predicted octanol–water partition coefficient (Wildman–Crippen LogP) is 4.08. The van der Waals surface area contributed by atoms with Gasteiger partial charge in [-0.25, -0.2) is 9.97 Å². The van der Waals surface area contributed by atoms with Crippen LogP contribution in [0.1, 0.15) is 29.7 Å². The number of nitrogen functional groups attached to an aromatic ring is 1. The van der Waals surface area contributed by atoms with Crippen molar-refractivity contribution in [3.63, 3.8) is 0 Å². The lowest BCUT2D eigenvalue weighted by Gasteiger charge is -2.14. The lowest BCUT2D eigenvalue weighted by molar-refractivity contribution is -0.140. The van der Waals surface area contributed by atoms with Crippen LogP contribution in [0.5, 0.6) is 5.75 Å². The van der Waals surface area contributed by atoms with Gasteiger partial charge in [-0.1, -0.05) is 6.07 Å². The van der Waals surface area contributed by atoms with E-state index in [-0.39, 0.29) is 16.9 Å². The number of H-pyrrole nitrogens is 1. The maximum atomic E-state index is 12.2. The quantitative estimate of drug-likeness (QED) is 0.516. The van der Waals surface area contributed by atoms with E-state index >= 15 is 0 Å². The Labute approximate surface area is 154 Å². The number of aromatic nitrogens is 3. The Kier molecular flexibility index (Phi) is 6.29. The van der Waals surface area contributed by atoms with Gasteiger partial charge in [0.05, 0.1) is 5.39 Å². The van der Waals surface area contributed by atoms with Crippen molar-refractivity contribution in [1.82, 2.24) is 15.0 Å². The zero-order valence-corrected chi connectivity index (χ0v) is 14.4. The Morgan fingerprint density at radius 1 is 1.04 bits per heavy atom. The molecule has 1 aliphatic rings. The van der Waals surface area contributed by atoms with Gasteiger partial charge in [0.1, 0.15) is 29.2 Å². The largest absolute Gasteiger partial charge is 0.508 e. The standard InChI is InChI=1S/C10H12O.C7H5F3N4.C2H2/c11-10-6-5-8-3-1-2-4-9(8)7-10;8-7(9,10)4-1-3-5(11)12-2-13-6(3)14-4;1-2/h5-7,11H,1-4H2;1-2H,(H3,11,12,13,14);1-2H. The monoisotopic (exact) mass is 376 g/mol. The van der Waals surface area contributed by atoms with Crippen molar-refractivity contribution < 1.29 is 18.3 Å². The Morgan fingerprint density at radius 2 is 1.70 bits per heavy atom. The molecule has 4 rings (SSSR count). The number of anilines is 1. The van der Waals surface area contributed by atoms with Crippen LogP contribution in [0.3, 0.4) is 0 Å². The molecule has 0 unspecified atom stereocenters. The fourth-order valence-electron chi connectivity index (χ4n) is 2.83. The number of terminal acetylenes is 1. The third-order valence-corrected chi connectivity index (χ3v) is 4.09. The van der Waals surface area contributed by atoms with Crippen LogP contribution in [0, 0.1) is 12.8 Å². The van der Waals surface area contributed by atoms with Gasteiger partial charge in [0.2, 0.25) is 0 Å². The second-order valence-electron chi connectivity index (χ2n) is 5.86. The Morgan fingerprint density at radius 3 is 2.33 bits per heavy atom. The zero-order chi connectivity index (χ0) is 20.0. The van der Waals surface area contributed by atoms with Crippen LogP contribution in [-0.2, 0) is 19.0 Å². The average molecular weight is 376 g/mol. The summed E-state index contributed by atoms with van der Waals surface area (Å²) in [6, 6.07) is 6.62. The van der Waals surface area contributed by atoms with Crippen molar-refractivity contribution in [2.24, 2.45) is 0 Å². The van der Waals surface area contributed by atoms with E-state index in [1.54, 1.807) is 6.07 Å². The highest BCUT2D eigenvalue weighted by Gasteiger charge is 2.33. The minimum Gasteiger partial charge on any atom is -0.508 e. The summed E-state index contributed by atoms with van der Waals surface area (Å²) >= 11 is 0. The van der Waals surface area contributed by atoms with Crippen LogP contribution in [0.4, 0.5) is 19.0 Å². The number of phenolic OH excluding ortho intramolecular Hbond substituents is 1. The number of aromatic hydroxyl groups is 1. The van der Waals surface area contributed by atoms with E-state index < -0.39 is 11.9 Å². The third kappa shape index (κ3) is 4.91. The predicted molar refractivity (Wildman–Crippen MR) is 97.9 cm³/mol. The van der Waals surface area contributed by atoms with E-state index in [1.165, 1.54) is 30.4 Å². The van der Waals surface area contributed by atoms with E-state index in [0.29, 0.717) is 5.75 Å². The number of fused-ring (bicyclic) bond motifs is 2. The lowest BCUT2D eigenvalue weighted by Crippen LogP contribution is -2.04. The maximum Gasteiger partial charge on any atom is 0.431 e. The van der Waals surface area contributed by atoms with Crippen molar-refractivity contribution in [2.75, 3.05) is 5.73 Å². The molecule has 0 saturated heterocycles. The molecular weight excluding hydrogens is 357 g/mol. The zero-order valence-electron chi connectivity index (χ0n) is 14.4. The van der Waals surface area contributed by atoms with Crippen LogP contribution in [0.2, 0.25) is 0 Å². The molecule has 27 heavy (non-hydrogen) atoms. The van der Waals surface area contributed by atoms with Crippen LogP contribution < -0.4 is 5.73 Å². The number of benzene rings is 1. The van der Waals surface area contributed by atoms with E-state index in [9.17, 15) is 18.3 Å². The highest BCUT2D eigenvalue weighted by atomic mass is 19.4. The first-order valence-electron chi connectivity index (χ1n) is 8.15. The van der Waals surface area contributed by atoms with Crippen molar-refractivity contribution in [2.45, 2.75) is 31.9 Å². The molecule has 1 aliphatic carbocycles. The molecule has 2 aromatic heterocycles. The fourth-order valence-corrected chi connectivity index (χ4v) is 2.83. The SMILES string of the molecule is C#C.Nc1ncnc2[nH]c(C(F)(F)F)cc12.Oc1ccc2c(c1)CCCC2. The van der Waals surface area contributed by atoms with Gasteiger partial charge in [-0.15, -0.1) is 12.8 Å². The van der Waals surface area contributed by atoms with Crippen LogP contribution in [0.15, 0.2) is 30.6 Å². The number of hydrogen-bond acceptors (Lipinski definition) is 4.